The molecule has 2 heterocycles. The van der Waals surface area contributed by atoms with Crippen LogP contribution in [0.25, 0.3) is 0 Å². The number of methoxy groups -OCH3 is 2. The molecule has 196 valence electrons. The molecule has 0 bridgehead atoms. The monoisotopic (exact) mass is 505 g/mol. The topological polar surface area (TPSA) is 99.6 Å². The zero-order valence-electron chi connectivity index (χ0n) is 21.1. The number of H-pyrrole nitrogens is 1. The lowest BCUT2D eigenvalue weighted by Gasteiger charge is -2.18. The third kappa shape index (κ3) is 7.25. The van der Waals surface area contributed by atoms with Crippen molar-refractivity contribution in [1.82, 2.24) is 20.0 Å². The minimum atomic E-state index is -0.858. The molecule has 36 heavy (non-hydrogen) atoms. The number of anilines is 1. The fourth-order valence-corrected chi connectivity index (χ4v) is 3.67. The normalized spacial score (nSPS) is 15.9. The Morgan fingerprint density at radius 3 is 2.56 bits per heavy atom. The Hall–Kier alpha value is -3.51. The number of halogens is 2. The summed E-state index contributed by atoms with van der Waals surface area (Å²) >= 11 is 0. The van der Waals surface area contributed by atoms with E-state index in [0.717, 1.165) is 50.9 Å². The smallest absolute Gasteiger partial charge is 0.227 e. The van der Waals surface area contributed by atoms with Crippen molar-refractivity contribution < 1.29 is 23.0 Å². The van der Waals surface area contributed by atoms with Gasteiger partial charge in [0.25, 0.3) is 0 Å². The number of likely N-dealkylation sites (N-methyl/N-ethyl adjacent to an activating group) is 1. The molecule has 1 fully saturated rings. The first kappa shape index (κ1) is 27.1. The summed E-state index contributed by atoms with van der Waals surface area (Å²) in [6.07, 6.45) is 2.50. The highest BCUT2D eigenvalue weighted by Gasteiger charge is 2.20. The van der Waals surface area contributed by atoms with E-state index >= 15 is 0 Å². The summed E-state index contributed by atoms with van der Waals surface area (Å²) < 4.78 is 44.4. The third-order valence-corrected chi connectivity index (χ3v) is 5.70. The molecule has 1 aliphatic heterocycles. The molecule has 2 N–H and O–H groups in total. The van der Waals surface area contributed by atoms with Crippen LogP contribution in [0.5, 0.6) is 11.5 Å². The molecule has 0 aliphatic carbocycles. The van der Waals surface area contributed by atoms with Crippen LogP contribution in [0.1, 0.15) is 24.6 Å². The van der Waals surface area contributed by atoms with Crippen molar-refractivity contribution in [3.8, 4) is 11.5 Å². The van der Waals surface area contributed by atoms with Crippen LogP contribution in [0.4, 0.5) is 14.6 Å². The van der Waals surface area contributed by atoms with Crippen LogP contribution in [-0.2, 0) is 17.9 Å². The van der Waals surface area contributed by atoms with Crippen LogP contribution in [0, 0.1) is 11.6 Å². The molecule has 10 nitrogen and oxygen atoms in total. The molecular formula is C24H33F2N7O3. The molecule has 0 amide bonds. The zero-order chi connectivity index (χ0) is 26.1. The van der Waals surface area contributed by atoms with Crippen LogP contribution in [0.3, 0.4) is 0 Å². The highest BCUT2D eigenvalue weighted by molar-refractivity contribution is 5.96. The Bertz CT molecular complexity index is 1080. The predicted octanol–water partition coefficient (Wildman–Crippen LogP) is 3.39. The average molecular weight is 506 g/mol. The van der Waals surface area contributed by atoms with E-state index in [2.05, 4.69) is 49.1 Å². The van der Waals surface area contributed by atoms with Crippen molar-refractivity contribution in [2.75, 3.05) is 52.8 Å². The first-order valence-corrected chi connectivity index (χ1v) is 11.5. The number of aromatic amines is 1. The van der Waals surface area contributed by atoms with E-state index < -0.39 is 11.6 Å². The van der Waals surface area contributed by atoms with Gasteiger partial charge in [-0.25, -0.2) is 18.8 Å². The maximum Gasteiger partial charge on any atom is 0.227 e. The minimum absolute atomic E-state index is 0.143. The molecule has 1 aromatic carbocycles. The number of rotatable bonds is 9. The first-order valence-electron chi connectivity index (χ1n) is 11.5. The lowest BCUT2D eigenvalue weighted by atomic mass is 10.1. The molecule has 2 aromatic rings. The van der Waals surface area contributed by atoms with Gasteiger partial charge in [0.15, 0.2) is 29.0 Å². The van der Waals surface area contributed by atoms with Crippen LogP contribution in [0.15, 0.2) is 34.1 Å². The van der Waals surface area contributed by atoms with Gasteiger partial charge in [0, 0.05) is 31.8 Å². The number of hydrogen-bond donors (Lipinski definition) is 2. The van der Waals surface area contributed by atoms with Crippen LogP contribution >= 0.6 is 0 Å². The van der Waals surface area contributed by atoms with Crippen molar-refractivity contribution in [2.45, 2.75) is 26.5 Å². The van der Waals surface area contributed by atoms with E-state index in [1.807, 2.05) is 6.07 Å². The van der Waals surface area contributed by atoms with E-state index in [0.29, 0.717) is 11.6 Å². The lowest BCUT2D eigenvalue weighted by Crippen LogP contribution is -2.28. The van der Waals surface area contributed by atoms with Gasteiger partial charge in [-0.3, -0.25) is 10.00 Å². The highest BCUT2D eigenvalue weighted by Crippen LogP contribution is 2.32. The summed E-state index contributed by atoms with van der Waals surface area (Å²) in [5.41, 5.74) is 0.654. The van der Waals surface area contributed by atoms with Gasteiger partial charge in [0.1, 0.15) is 12.4 Å². The van der Waals surface area contributed by atoms with Crippen molar-refractivity contribution >= 4 is 18.5 Å². The first-order chi connectivity index (χ1) is 17.3. The maximum atomic E-state index is 14.5. The summed E-state index contributed by atoms with van der Waals surface area (Å²) in [5, 5.41) is 10.3. The predicted molar refractivity (Wildman–Crippen MR) is 135 cm³/mol. The van der Waals surface area contributed by atoms with Crippen molar-refractivity contribution in [3.05, 3.63) is 47.0 Å². The highest BCUT2D eigenvalue weighted by atomic mass is 19.1. The lowest BCUT2D eigenvalue weighted by molar-refractivity contribution is 0.190. The Kier molecular flexibility index (Phi) is 9.77. The maximum absolute atomic E-state index is 14.5. The van der Waals surface area contributed by atoms with Gasteiger partial charge >= 0.3 is 0 Å². The summed E-state index contributed by atoms with van der Waals surface area (Å²) in [6, 6.07) is 3.03. The average Bonchev–Trinajstić information content (AvgIpc) is 3.21. The van der Waals surface area contributed by atoms with E-state index in [-0.39, 0.29) is 29.6 Å². The third-order valence-electron chi connectivity index (χ3n) is 5.70. The van der Waals surface area contributed by atoms with Gasteiger partial charge in [0.05, 0.1) is 31.7 Å². The molecule has 0 atom stereocenters. The second-order valence-corrected chi connectivity index (χ2v) is 8.36. The van der Waals surface area contributed by atoms with Crippen LogP contribution < -0.4 is 14.8 Å². The number of guanidine groups is 1. The fourth-order valence-electron chi connectivity index (χ4n) is 3.67. The molecule has 12 heteroatoms. The summed E-state index contributed by atoms with van der Waals surface area (Å²) in [6.45, 7) is 9.67. The molecule has 3 rings (SSSR count). The number of nitrogens with one attached hydrogen (secondary N) is 2. The second-order valence-electron chi connectivity index (χ2n) is 8.36. The largest absolute Gasteiger partial charge is 0.494 e. The molecule has 0 unspecified atom stereocenters. The Balaban J connectivity index is 1.60. The number of aliphatic imine (C=N–C) groups is 2. The molecule has 1 aliphatic rings. The molecule has 0 radical (unpaired) electrons. The fraction of sp³-hybridized carbons (Fsp3) is 0.458. The molecule has 0 spiro atoms. The Morgan fingerprint density at radius 2 is 1.89 bits per heavy atom. The van der Waals surface area contributed by atoms with Crippen molar-refractivity contribution in [2.24, 2.45) is 9.98 Å². The Morgan fingerprint density at radius 1 is 1.17 bits per heavy atom. The second kappa shape index (κ2) is 13.0. The number of aromatic nitrogens is 2. The van der Waals surface area contributed by atoms with Gasteiger partial charge in [0.2, 0.25) is 5.96 Å². The summed E-state index contributed by atoms with van der Waals surface area (Å²) in [4.78, 5) is 12.8. The number of ether oxygens (including phenoxy) is 3. The van der Waals surface area contributed by atoms with Crippen molar-refractivity contribution in [3.63, 3.8) is 0 Å². The van der Waals surface area contributed by atoms with Crippen molar-refractivity contribution in [1.29, 1.82) is 0 Å². The molecule has 0 saturated carbocycles. The van der Waals surface area contributed by atoms with E-state index in [1.165, 1.54) is 20.4 Å². The SMILES string of the molecule is C=NC(=N/C=C(\C)OCc1c(F)c(OC)cc(OC)c1F)Nc1cc(CN2CCCN(C)CC2)[nH]n1. The van der Waals surface area contributed by atoms with Crippen LogP contribution in [-0.4, -0.2) is 80.1 Å². The van der Waals surface area contributed by atoms with E-state index in [4.69, 9.17) is 14.2 Å². The number of allylic oxidation sites excluding steroid dienone is 1. The van der Waals surface area contributed by atoms with Gasteiger partial charge in [-0.15, -0.1) is 0 Å². The Labute approximate surface area is 209 Å². The molecule has 1 aromatic heterocycles. The molecule has 1 saturated heterocycles. The van der Waals surface area contributed by atoms with E-state index in [9.17, 15) is 8.78 Å². The number of nitrogens with zero attached hydrogens (tertiary/aromatic N) is 5. The zero-order valence-corrected chi connectivity index (χ0v) is 21.1. The molecular weight excluding hydrogens is 472 g/mol. The standard InChI is InChI=1S/C24H33F2N7O3/c1-16(36-15-18-22(25)19(34-4)12-20(35-5)23(18)26)13-28-24(27-2)29-21-11-17(30-31-21)14-33-8-6-7-32(3)9-10-33/h11-13H,2,6-10,14-15H2,1,3-5H3,(H2,28,29,30,31)/b16-13+. The number of hydrogen-bond acceptors (Lipinski definition) is 7. The van der Waals surface area contributed by atoms with Gasteiger partial charge < -0.3 is 24.4 Å². The number of benzene rings is 1. The van der Waals surface area contributed by atoms with E-state index in [1.54, 1.807) is 6.92 Å². The van der Waals surface area contributed by atoms with Gasteiger partial charge in [-0.1, -0.05) is 0 Å². The quantitative estimate of drug-likeness (QED) is 0.306. The van der Waals surface area contributed by atoms with Gasteiger partial charge in [-0.05, 0) is 40.2 Å². The van der Waals surface area contributed by atoms with Crippen LogP contribution in [0.2, 0.25) is 0 Å². The summed E-state index contributed by atoms with van der Waals surface area (Å²) in [5.74, 6) is -0.971. The minimum Gasteiger partial charge on any atom is -0.494 e. The summed E-state index contributed by atoms with van der Waals surface area (Å²) in [7, 11) is 4.71. The van der Waals surface area contributed by atoms with Gasteiger partial charge in [-0.2, -0.15) is 5.10 Å².